The zero-order valence-electron chi connectivity index (χ0n) is 11.0. The fraction of sp³-hybridized carbons (Fsp3) is 0.167. The fourth-order valence-electron chi connectivity index (χ4n) is 1.56. The van der Waals surface area contributed by atoms with Gasteiger partial charge >= 0.3 is 0 Å². The van der Waals surface area contributed by atoms with Gasteiger partial charge in [-0.25, -0.2) is 0 Å². The summed E-state index contributed by atoms with van der Waals surface area (Å²) < 4.78 is 11.5. The molecule has 9 heteroatoms. The van der Waals surface area contributed by atoms with Gasteiger partial charge in [0, 0.05) is 5.56 Å². The molecule has 0 aliphatic heterocycles. The van der Waals surface area contributed by atoms with Gasteiger partial charge in [-0.05, 0) is 24.3 Å². The maximum absolute atomic E-state index is 5.61. The number of methoxy groups -OCH3 is 1. The molecule has 0 aliphatic rings. The average molecular weight is 321 g/mol. The molecule has 0 amide bonds. The minimum absolute atomic E-state index is 0.446. The van der Waals surface area contributed by atoms with E-state index < -0.39 is 0 Å². The lowest BCUT2D eigenvalue weighted by molar-refractivity contribution is 0.415. The molecule has 0 aliphatic carbocycles. The summed E-state index contributed by atoms with van der Waals surface area (Å²) in [6, 6.07) is 7.43. The number of nitrogen functional groups attached to an aromatic ring is 1. The Morgan fingerprint density at radius 3 is 2.67 bits per heavy atom. The molecule has 108 valence electrons. The fourth-order valence-corrected chi connectivity index (χ4v) is 3.04. The zero-order chi connectivity index (χ0) is 14.7. The third-order valence-corrected chi connectivity index (χ3v) is 4.42. The van der Waals surface area contributed by atoms with E-state index in [0.29, 0.717) is 22.7 Å². The Bertz CT molecular complexity index is 725. The van der Waals surface area contributed by atoms with Gasteiger partial charge in [-0.3, -0.25) is 0 Å². The van der Waals surface area contributed by atoms with Gasteiger partial charge in [0.25, 0.3) is 0 Å². The first-order chi connectivity index (χ1) is 10.2. The highest BCUT2D eigenvalue weighted by atomic mass is 32.2. The number of anilines is 1. The molecule has 0 radical (unpaired) electrons. The van der Waals surface area contributed by atoms with E-state index in [0.717, 1.165) is 15.7 Å². The summed E-state index contributed by atoms with van der Waals surface area (Å²) in [6.07, 6.45) is 0. The number of aromatic nitrogens is 4. The minimum atomic E-state index is 0.446. The van der Waals surface area contributed by atoms with E-state index in [9.17, 15) is 0 Å². The Kier molecular flexibility index (Phi) is 4.02. The molecule has 1 aromatic carbocycles. The Labute approximate surface area is 128 Å². The topological polar surface area (TPSA) is 100.0 Å². The van der Waals surface area contributed by atoms with Gasteiger partial charge in [0.15, 0.2) is 4.34 Å². The molecule has 3 rings (SSSR count). The predicted octanol–water partition coefficient (Wildman–Crippen LogP) is 2.47. The van der Waals surface area contributed by atoms with Crippen LogP contribution in [0, 0.1) is 0 Å². The summed E-state index contributed by atoms with van der Waals surface area (Å²) in [5.74, 6) is 2.31. The van der Waals surface area contributed by atoms with Crippen molar-refractivity contribution in [2.75, 3.05) is 12.8 Å². The number of thioether (sulfide) groups is 1. The number of hydrogen-bond donors (Lipinski definition) is 1. The van der Waals surface area contributed by atoms with Gasteiger partial charge in [0.05, 0.1) is 12.9 Å². The molecule has 0 saturated heterocycles. The highest BCUT2D eigenvalue weighted by Gasteiger charge is 2.10. The third-order valence-electron chi connectivity index (χ3n) is 2.55. The van der Waals surface area contributed by atoms with Crippen LogP contribution < -0.4 is 10.5 Å². The molecule has 2 N–H and O–H groups in total. The molecule has 3 aromatic rings. The lowest BCUT2D eigenvalue weighted by Crippen LogP contribution is -1.82. The maximum Gasteiger partial charge on any atom is 0.247 e. The van der Waals surface area contributed by atoms with Gasteiger partial charge in [0.2, 0.25) is 16.9 Å². The van der Waals surface area contributed by atoms with E-state index in [1.807, 2.05) is 24.3 Å². The van der Waals surface area contributed by atoms with Gasteiger partial charge < -0.3 is 14.9 Å². The second-order valence-electron chi connectivity index (χ2n) is 3.92. The first-order valence-corrected chi connectivity index (χ1v) is 7.73. The molecule has 0 atom stereocenters. The molecular weight excluding hydrogens is 310 g/mol. The van der Waals surface area contributed by atoms with Gasteiger partial charge in [-0.15, -0.1) is 20.4 Å². The summed E-state index contributed by atoms with van der Waals surface area (Å²) >= 11 is 2.79. The number of ether oxygens (including phenoxy) is 1. The van der Waals surface area contributed by atoms with Crippen LogP contribution in [0.25, 0.3) is 11.5 Å². The molecule has 21 heavy (non-hydrogen) atoms. The van der Waals surface area contributed by atoms with Crippen molar-refractivity contribution in [1.82, 2.24) is 20.4 Å². The van der Waals surface area contributed by atoms with E-state index >= 15 is 0 Å². The average Bonchev–Trinajstić information content (AvgIpc) is 3.14. The monoisotopic (exact) mass is 321 g/mol. The smallest absolute Gasteiger partial charge is 0.247 e. The van der Waals surface area contributed by atoms with Crippen LogP contribution in [0.1, 0.15) is 5.89 Å². The van der Waals surface area contributed by atoms with Crippen LogP contribution >= 0.6 is 23.1 Å². The van der Waals surface area contributed by atoms with Crippen molar-refractivity contribution in [2.45, 2.75) is 10.1 Å². The lowest BCUT2D eigenvalue weighted by atomic mass is 10.2. The largest absolute Gasteiger partial charge is 0.497 e. The molecule has 0 spiro atoms. The molecule has 0 bridgehead atoms. The summed E-state index contributed by atoms with van der Waals surface area (Å²) in [6.45, 7) is 0. The molecule has 7 nitrogen and oxygen atoms in total. The summed E-state index contributed by atoms with van der Waals surface area (Å²) in [5.41, 5.74) is 6.37. The van der Waals surface area contributed by atoms with Crippen LogP contribution in [-0.4, -0.2) is 27.5 Å². The standard InChI is InChI=1S/C12H11N5O2S2/c1-18-8-4-2-7(3-5-8)10-15-14-9(19-10)6-20-12-17-16-11(13)21-12/h2-5H,6H2,1H3,(H2,13,16). The maximum atomic E-state index is 5.61. The van der Waals surface area contributed by atoms with Crippen molar-refractivity contribution in [2.24, 2.45) is 0 Å². The van der Waals surface area contributed by atoms with Crippen LogP contribution in [-0.2, 0) is 5.75 Å². The van der Waals surface area contributed by atoms with Crippen molar-refractivity contribution >= 4 is 28.2 Å². The van der Waals surface area contributed by atoms with Crippen LogP contribution in [0.3, 0.4) is 0 Å². The van der Waals surface area contributed by atoms with Crippen molar-refractivity contribution in [3.8, 4) is 17.2 Å². The Balaban J connectivity index is 1.67. The van der Waals surface area contributed by atoms with Gasteiger partial charge in [-0.2, -0.15) is 0 Å². The number of hydrogen-bond acceptors (Lipinski definition) is 9. The van der Waals surface area contributed by atoms with Crippen LogP contribution in [0.15, 0.2) is 33.0 Å². The Hall–Kier alpha value is -2.13. The minimum Gasteiger partial charge on any atom is -0.497 e. The summed E-state index contributed by atoms with van der Waals surface area (Å²) in [7, 11) is 1.62. The highest BCUT2D eigenvalue weighted by Crippen LogP contribution is 2.28. The quantitative estimate of drug-likeness (QED) is 0.715. The van der Waals surface area contributed by atoms with E-state index in [4.69, 9.17) is 14.9 Å². The first-order valence-electron chi connectivity index (χ1n) is 5.93. The Morgan fingerprint density at radius 2 is 2.00 bits per heavy atom. The summed E-state index contributed by atoms with van der Waals surface area (Å²) in [4.78, 5) is 0. The highest BCUT2D eigenvalue weighted by molar-refractivity contribution is 8.00. The van der Waals surface area contributed by atoms with Crippen molar-refractivity contribution in [3.63, 3.8) is 0 Å². The van der Waals surface area contributed by atoms with Crippen LogP contribution in [0.5, 0.6) is 5.75 Å². The number of nitrogens with zero attached hydrogens (tertiary/aromatic N) is 4. The van der Waals surface area contributed by atoms with Gasteiger partial charge in [-0.1, -0.05) is 23.1 Å². The second kappa shape index (κ2) is 6.10. The molecule has 0 saturated carbocycles. The van der Waals surface area contributed by atoms with Gasteiger partial charge in [0.1, 0.15) is 5.75 Å². The first kappa shape index (κ1) is 13.8. The molecule has 0 fully saturated rings. The zero-order valence-corrected chi connectivity index (χ0v) is 12.6. The third kappa shape index (κ3) is 3.31. The molecule has 2 heterocycles. The van der Waals surface area contributed by atoms with E-state index in [1.54, 1.807) is 7.11 Å². The normalized spacial score (nSPS) is 10.7. The van der Waals surface area contributed by atoms with Crippen molar-refractivity contribution in [3.05, 3.63) is 30.2 Å². The predicted molar refractivity (Wildman–Crippen MR) is 80.2 cm³/mol. The lowest BCUT2D eigenvalue weighted by Gasteiger charge is -1.99. The number of nitrogens with two attached hydrogens (primary N) is 1. The van der Waals surface area contributed by atoms with Crippen LogP contribution in [0.2, 0.25) is 0 Å². The SMILES string of the molecule is COc1ccc(-c2nnc(CSc3nnc(N)s3)o2)cc1. The number of rotatable bonds is 5. The van der Waals surface area contributed by atoms with E-state index in [1.165, 1.54) is 23.1 Å². The van der Waals surface area contributed by atoms with E-state index in [2.05, 4.69) is 20.4 Å². The molecular formula is C12H11N5O2S2. The summed E-state index contributed by atoms with van der Waals surface area (Å²) in [5, 5.41) is 16.2. The molecule has 2 aromatic heterocycles. The van der Waals surface area contributed by atoms with Crippen molar-refractivity contribution in [1.29, 1.82) is 0 Å². The number of benzene rings is 1. The van der Waals surface area contributed by atoms with Crippen LogP contribution in [0.4, 0.5) is 5.13 Å². The van der Waals surface area contributed by atoms with E-state index in [-0.39, 0.29) is 0 Å². The molecule has 0 unspecified atom stereocenters. The van der Waals surface area contributed by atoms with Crippen molar-refractivity contribution < 1.29 is 9.15 Å². The Morgan fingerprint density at radius 1 is 1.19 bits per heavy atom. The second-order valence-corrected chi connectivity index (χ2v) is 6.16.